The van der Waals surface area contributed by atoms with Gasteiger partial charge in [-0.2, -0.15) is 0 Å². The van der Waals surface area contributed by atoms with Crippen molar-refractivity contribution >= 4 is 16.8 Å². The van der Waals surface area contributed by atoms with Crippen molar-refractivity contribution in [3.63, 3.8) is 0 Å². The van der Waals surface area contributed by atoms with Gasteiger partial charge in [-0.15, -0.1) is 0 Å². The number of hydrogen-bond acceptors (Lipinski definition) is 1. The summed E-state index contributed by atoms with van der Waals surface area (Å²) in [7, 11) is 0. The lowest BCUT2D eigenvalue weighted by Crippen LogP contribution is -2.30. The van der Waals surface area contributed by atoms with E-state index in [1.165, 1.54) is 0 Å². The number of para-hydroxylation sites is 1. The zero-order valence-corrected chi connectivity index (χ0v) is 12.0. The Labute approximate surface area is 123 Å². The van der Waals surface area contributed by atoms with Crippen molar-refractivity contribution in [1.29, 1.82) is 0 Å². The standard InChI is InChI=1S/C18H18N2O/c1-18(12-16(19)21,14-7-3-2-4-8-14)15-9-5-6-13-10-11-20-17(13)15/h2-11,20H,12H2,1H3,(H2,19,21). The van der Waals surface area contributed by atoms with Crippen LogP contribution in [-0.2, 0) is 10.2 Å². The van der Waals surface area contributed by atoms with Crippen molar-refractivity contribution in [1.82, 2.24) is 4.98 Å². The predicted molar refractivity (Wildman–Crippen MR) is 85.0 cm³/mol. The van der Waals surface area contributed by atoms with Gasteiger partial charge in [-0.1, -0.05) is 55.5 Å². The summed E-state index contributed by atoms with van der Waals surface area (Å²) in [5.74, 6) is -0.301. The first-order chi connectivity index (χ1) is 10.1. The molecule has 0 saturated heterocycles. The lowest BCUT2D eigenvalue weighted by Gasteiger charge is -2.30. The minimum atomic E-state index is -0.447. The molecule has 1 amide bonds. The quantitative estimate of drug-likeness (QED) is 0.755. The fourth-order valence-corrected chi connectivity index (χ4v) is 3.05. The number of rotatable bonds is 4. The molecule has 0 radical (unpaired) electrons. The van der Waals surface area contributed by atoms with Gasteiger partial charge >= 0.3 is 0 Å². The summed E-state index contributed by atoms with van der Waals surface area (Å²) in [6.45, 7) is 2.07. The summed E-state index contributed by atoms with van der Waals surface area (Å²) in [5.41, 5.74) is 8.32. The molecular formula is C18H18N2O. The predicted octanol–water partition coefficient (Wildman–Crippen LogP) is 3.35. The maximum absolute atomic E-state index is 11.6. The molecule has 106 valence electrons. The van der Waals surface area contributed by atoms with Crippen LogP contribution in [0.2, 0.25) is 0 Å². The molecule has 1 atom stereocenters. The molecule has 3 aromatic rings. The van der Waals surface area contributed by atoms with E-state index >= 15 is 0 Å². The second-order valence-electron chi connectivity index (χ2n) is 5.59. The average Bonchev–Trinajstić information content (AvgIpc) is 2.95. The Morgan fingerprint density at radius 3 is 2.57 bits per heavy atom. The zero-order chi connectivity index (χ0) is 14.9. The minimum absolute atomic E-state index is 0.273. The maximum Gasteiger partial charge on any atom is 0.218 e. The summed E-state index contributed by atoms with van der Waals surface area (Å²) < 4.78 is 0. The van der Waals surface area contributed by atoms with Gasteiger partial charge in [-0.05, 0) is 22.6 Å². The zero-order valence-electron chi connectivity index (χ0n) is 12.0. The van der Waals surface area contributed by atoms with Crippen molar-refractivity contribution in [3.8, 4) is 0 Å². The Morgan fingerprint density at radius 1 is 1.10 bits per heavy atom. The van der Waals surface area contributed by atoms with Gasteiger partial charge in [0.2, 0.25) is 5.91 Å². The maximum atomic E-state index is 11.6. The first-order valence-corrected chi connectivity index (χ1v) is 7.02. The van der Waals surface area contributed by atoms with Crippen LogP contribution in [0, 0.1) is 0 Å². The number of aromatic nitrogens is 1. The van der Waals surface area contributed by atoms with Gasteiger partial charge < -0.3 is 10.7 Å². The number of nitrogens with one attached hydrogen (secondary N) is 1. The van der Waals surface area contributed by atoms with E-state index < -0.39 is 5.41 Å². The highest BCUT2D eigenvalue weighted by Gasteiger charge is 2.32. The van der Waals surface area contributed by atoms with E-state index in [0.717, 1.165) is 22.0 Å². The topological polar surface area (TPSA) is 58.9 Å². The number of benzene rings is 2. The molecule has 21 heavy (non-hydrogen) atoms. The molecule has 0 spiro atoms. The molecule has 2 aromatic carbocycles. The van der Waals surface area contributed by atoms with Crippen molar-refractivity contribution in [2.75, 3.05) is 0 Å². The number of nitrogens with two attached hydrogens (primary N) is 1. The third-order valence-corrected chi connectivity index (χ3v) is 4.12. The molecule has 3 N–H and O–H groups in total. The number of carbonyl (C=O) groups excluding carboxylic acids is 1. The molecule has 0 aliphatic rings. The Bertz CT molecular complexity index is 776. The normalized spacial score (nSPS) is 14.0. The molecule has 0 fully saturated rings. The first-order valence-electron chi connectivity index (χ1n) is 7.02. The summed E-state index contributed by atoms with van der Waals surface area (Å²) in [5, 5.41) is 1.14. The van der Waals surface area contributed by atoms with Crippen LogP contribution in [0.1, 0.15) is 24.5 Å². The fourth-order valence-electron chi connectivity index (χ4n) is 3.05. The number of fused-ring (bicyclic) bond motifs is 1. The van der Waals surface area contributed by atoms with Crippen molar-refractivity contribution in [2.45, 2.75) is 18.8 Å². The van der Waals surface area contributed by atoms with Crippen LogP contribution in [0.25, 0.3) is 10.9 Å². The highest BCUT2D eigenvalue weighted by atomic mass is 16.1. The van der Waals surface area contributed by atoms with Crippen LogP contribution >= 0.6 is 0 Å². The van der Waals surface area contributed by atoms with Gasteiger partial charge in [0.05, 0.1) is 0 Å². The number of H-pyrrole nitrogens is 1. The van der Waals surface area contributed by atoms with E-state index in [1.54, 1.807) is 0 Å². The van der Waals surface area contributed by atoms with E-state index in [2.05, 4.69) is 24.0 Å². The molecule has 0 aliphatic carbocycles. The van der Waals surface area contributed by atoms with Gasteiger partial charge in [0, 0.05) is 23.5 Å². The number of aromatic amines is 1. The number of carbonyl (C=O) groups is 1. The largest absolute Gasteiger partial charge is 0.370 e. The smallest absolute Gasteiger partial charge is 0.218 e. The lowest BCUT2D eigenvalue weighted by molar-refractivity contribution is -0.118. The summed E-state index contributed by atoms with van der Waals surface area (Å²) in [4.78, 5) is 14.9. The van der Waals surface area contributed by atoms with Crippen LogP contribution in [-0.4, -0.2) is 10.9 Å². The molecule has 0 saturated carbocycles. The molecule has 3 nitrogen and oxygen atoms in total. The summed E-state index contributed by atoms with van der Waals surface area (Å²) >= 11 is 0. The van der Waals surface area contributed by atoms with Gasteiger partial charge in [-0.3, -0.25) is 4.79 Å². The third kappa shape index (κ3) is 2.31. The number of amides is 1. The number of primary amides is 1. The molecule has 1 heterocycles. The highest BCUT2D eigenvalue weighted by molar-refractivity contribution is 5.86. The van der Waals surface area contributed by atoms with Gasteiger partial charge in [0.1, 0.15) is 0 Å². The molecule has 3 rings (SSSR count). The van der Waals surface area contributed by atoms with Gasteiger partial charge in [0.15, 0.2) is 0 Å². The minimum Gasteiger partial charge on any atom is -0.370 e. The van der Waals surface area contributed by atoms with Crippen molar-refractivity contribution in [2.24, 2.45) is 5.73 Å². The molecule has 1 aromatic heterocycles. The van der Waals surface area contributed by atoms with Crippen LogP contribution < -0.4 is 5.73 Å². The molecule has 1 unspecified atom stereocenters. The van der Waals surface area contributed by atoms with E-state index in [9.17, 15) is 4.79 Å². The van der Waals surface area contributed by atoms with Crippen LogP contribution in [0.4, 0.5) is 0 Å². The monoisotopic (exact) mass is 278 g/mol. The second kappa shape index (κ2) is 5.09. The third-order valence-electron chi connectivity index (χ3n) is 4.12. The lowest BCUT2D eigenvalue weighted by atomic mass is 9.73. The van der Waals surface area contributed by atoms with Crippen LogP contribution in [0.3, 0.4) is 0 Å². The van der Waals surface area contributed by atoms with Crippen molar-refractivity contribution in [3.05, 3.63) is 71.9 Å². The van der Waals surface area contributed by atoms with Crippen LogP contribution in [0.5, 0.6) is 0 Å². The molecule has 3 heteroatoms. The van der Waals surface area contributed by atoms with Crippen LogP contribution in [0.15, 0.2) is 60.8 Å². The summed E-state index contributed by atoms with van der Waals surface area (Å²) in [6, 6.07) is 18.2. The molecule has 0 aliphatic heterocycles. The van der Waals surface area contributed by atoms with E-state index in [1.807, 2.05) is 48.7 Å². The average molecular weight is 278 g/mol. The Kier molecular flexibility index (Phi) is 3.26. The Morgan fingerprint density at radius 2 is 1.86 bits per heavy atom. The SMILES string of the molecule is CC(CC(N)=O)(c1ccccc1)c1cccc2cc[nH]c12. The molecular weight excluding hydrogens is 260 g/mol. The first kappa shape index (κ1) is 13.4. The Balaban J connectivity index is 2.25. The summed E-state index contributed by atoms with van der Waals surface area (Å²) in [6.07, 6.45) is 2.19. The fraction of sp³-hybridized carbons (Fsp3) is 0.167. The molecule has 0 bridgehead atoms. The van der Waals surface area contributed by atoms with Gasteiger partial charge in [-0.25, -0.2) is 0 Å². The van der Waals surface area contributed by atoms with Gasteiger partial charge in [0.25, 0.3) is 0 Å². The van der Waals surface area contributed by atoms with E-state index in [0.29, 0.717) is 0 Å². The van der Waals surface area contributed by atoms with E-state index in [4.69, 9.17) is 5.73 Å². The van der Waals surface area contributed by atoms with E-state index in [-0.39, 0.29) is 12.3 Å². The Hall–Kier alpha value is -2.55. The van der Waals surface area contributed by atoms with Crippen molar-refractivity contribution < 1.29 is 4.79 Å². The number of hydrogen-bond donors (Lipinski definition) is 2. The highest BCUT2D eigenvalue weighted by Crippen LogP contribution is 2.38. The second-order valence-corrected chi connectivity index (χ2v) is 5.59.